The van der Waals surface area contributed by atoms with Gasteiger partial charge in [-0.1, -0.05) is 42.0 Å². The molecule has 1 N–H and O–H groups in total. The zero-order valence-electron chi connectivity index (χ0n) is 11.0. The van der Waals surface area contributed by atoms with Gasteiger partial charge in [-0.3, -0.25) is 0 Å². The van der Waals surface area contributed by atoms with Crippen LogP contribution in [-0.2, 0) is 4.79 Å². The van der Waals surface area contributed by atoms with E-state index in [-0.39, 0.29) is 0 Å². The molecule has 2 aromatic carbocycles. The molecule has 0 aliphatic heterocycles. The average molecular weight is 256 g/mol. The number of carboxylic acid groups (broad SMARTS) is 1. The molecule has 0 amide bonds. The van der Waals surface area contributed by atoms with Crippen molar-refractivity contribution in [2.75, 3.05) is 0 Å². The van der Waals surface area contributed by atoms with Crippen molar-refractivity contribution in [3.8, 4) is 16.9 Å². The summed E-state index contributed by atoms with van der Waals surface area (Å²) in [5.74, 6) is -0.408. The molecule has 0 aromatic heterocycles. The van der Waals surface area contributed by atoms with Crippen molar-refractivity contribution < 1.29 is 14.6 Å². The van der Waals surface area contributed by atoms with Gasteiger partial charge in [0.15, 0.2) is 6.10 Å². The number of rotatable bonds is 4. The van der Waals surface area contributed by atoms with E-state index in [1.807, 2.05) is 43.3 Å². The van der Waals surface area contributed by atoms with E-state index in [9.17, 15) is 4.79 Å². The predicted molar refractivity (Wildman–Crippen MR) is 74.3 cm³/mol. The van der Waals surface area contributed by atoms with Crippen molar-refractivity contribution in [2.24, 2.45) is 0 Å². The molecule has 0 saturated carbocycles. The number of carboxylic acids is 1. The number of aliphatic carboxylic acids is 1. The Morgan fingerprint density at radius 2 is 1.74 bits per heavy atom. The van der Waals surface area contributed by atoms with Crippen LogP contribution < -0.4 is 4.74 Å². The summed E-state index contributed by atoms with van der Waals surface area (Å²) in [5.41, 5.74) is 3.29. The minimum Gasteiger partial charge on any atom is -0.479 e. The lowest BCUT2D eigenvalue weighted by atomic mass is 10.0. The zero-order chi connectivity index (χ0) is 13.8. The third kappa shape index (κ3) is 3.35. The van der Waals surface area contributed by atoms with Crippen molar-refractivity contribution in [1.29, 1.82) is 0 Å². The average Bonchev–Trinajstić information content (AvgIpc) is 2.39. The molecule has 0 aliphatic rings. The van der Waals surface area contributed by atoms with E-state index in [1.54, 1.807) is 6.07 Å². The minimum atomic E-state index is -0.971. The van der Waals surface area contributed by atoms with E-state index in [0.717, 1.165) is 11.1 Å². The highest BCUT2D eigenvalue weighted by atomic mass is 16.5. The second-order valence-corrected chi connectivity index (χ2v) is 4.50. The standard InChI is InChI=1S/C16H16O3/c1-11-5-3-6-13(9-11)14-7-4-8-15(10-14)19-12(2)16(17)18/h3-10,12H,1-2H3,(H,17,18). The third-order valence-electron chi connectivity index (χ3n) is 2.85. The van der Waals surface area contributed by atoms with Gasteiger partial charge in [0.05, 0.1) is 0 Å². The first-order valence-electron chi connectivity index (χ1n) is 6.13. The van der Waals surface area contributed by atoms with Gasteiger partial charge >= 0.3 is 5.97 Å². The molecule has 0 radical (unpaired) electrons. The fourth-order valence-corrected chi connectivity index (χ4v) is 1.83. The Balaban J connectivity index is 2.27. The van der Waals surface area contributed by atoms with Gasteiger partial charge in [-0.25, -0.2) is 4.79 Å². The lowest BCUT2D eigenvalue weighted by Gasteiger charge is -2.11. The predicted octanol–water partition coefficient (Wildman–Crippen LogP) is 3.51. The molecule has 2 aromatic rings. The highest BCUT2D eigenvalue weighted by Gasteiger charge is 2.12. The zero-order valence-corrected chi connectivity index (χ0v) is 11.0. The molecule has 1 unspecified atom stereocenters. The molecular weight excluding hydrogens is 240 g/mol. The number of hydrogen-bond donors (Lipinski definition) is 1. The molecule has 0 saturated heterocycles. The molecule has 3 nitrogen and oxygen atoms in total. The van der Waals surface area contributed by atoms with Crippen molar-refractivity contribution >= 4 is 5.97 Å². The molecule has 2 rings (SSSR count). The Morgan fingerprint density at radius 1 is 1.11 bits per heavy atom. The molecular formula is C16H16O3. The first kappa shape index (κ1) is 13.1. The highest BCUT2D eigenvalue weighted by molar-refractivity contribution is 5.72. The summed E-state index contributed by atoms with van der Waals surface area (Å²) in [6, 6.07) is 15.6. The van der Waals surface area contributed by atoms with Gasteiger partial charge in [-0.05, 0) is 37.1 Å². The summed E-state index contributed by atoms with van der Waals surface area (Å²) < 4.78 is 5.37. The molecule has 0 bridgehead atoms. The first-order valence-corrected chi connectivity index (χ1v) is 6.13. The maximum absolute atomic E-state index is 10.8. The summed E-state index contributed by atoms with van der Waals surface area (Å²) in [4.78, 5) is 10.8. The molecule has 1 atom stereocenters. The van der Waals surface area contributed by atoms with E-state index in [1.165, 1.54) is 12.5 Å². The van der Waals surface area contributed by atoms with E-state index >= 15 is 0 Å². The molecule has 98 valence electrons. The van der Waals surface area contributed by atoms with Crippen molar-refractivity contribution in [1.82, 2.24) is 0 Å². The lowest BCUT2D eigenvalue weighted by molar-refractivity contribution is -0.144. The van der Waals surface area contributed by atoms with E-state index in [4.69, 9.17) is 9.84 Å². The number of benzene rings is 2. The maximum atomic E-state index is 10.8. The Bertz CT molecular complexity index is 590. The van der Waals surface area contributed by atoms with Crippen LogP contribution in [0.5, 0.6) is 5.75 Å². The van der Waals surface area contributed by atoms with Crippen LogP contribution in [0.2, 0.25) is 0 Å². The molecule has 0 fully saturated rings. The highest BCUT2D eigenvalue weighted by Crippen LogP contribution is 2.25. The van der Waals surface area contributed by atoms with Gasteiger partial charge in [0.25, 0.3) is 0 Å². The summed E-state index contributed by atoms with van der Waals surface area (Å²) in [6.45, 7) is 3.55. The van der Waals surface area contributed by atoms with Crippen LogP contribution in [0.15, 0.2) is 48.5 Å². The van der Waals surface area contributed by atoms with Gasteiger partial charge in [0.2, 0.25) is 0 Å². The summed E-state index contributed by atoms with van der Waals surface area (Å²) in [5, 5.41) is 8.84. The van der Waals surface area contributed by atoms with Gasteiger partial charge in [-0.2, -0.15) is 0 Å². The van der Waals surface area contributed by atoms with Crippen LogP contribution in [0.4, 0.5) is 0 Å². The van der Waals surface area contributed by atoms with E-state index < -0.39 is 12.1 Å². The van der Waals surface area contributed by atoms with Crippen molar-refractivity contribution in [3.05, 3.63) is 54.1 Å². The van der Waals surface area contributed by atoms with Crippen LogP contribution in [0.3, 0.4) is 0 Å². The summed E-state index contributed by atoms with van der Waals surface area (Å²) in [6.07, 6.45) is -0.854. The van der Waals surface area contributed by atoms with Crippen LogP contribution in [-0.4, -0.2) is 17.2 Å². The number of hydrogen-bond acceptors (Lipinski definition) is 2. The normalized spacial score (nSPS) is 11.9. The quantitative estimate of drug-likeness (QED) is 0.910. The Morgan fingerprint density at radius 3 is 2.37 bits per heavy atom. The maximum Gasteiger partial charge on any atom is 0.344 e. The SMILES string of the molecule is Cc1cccc(-c2cccc(OC(C)C(=O)O)c2)c1. The largest absolute Gasteiger partial charge is 0.479 e. The third-order valence-corrected chi connectivity index (χ3v) is 2.85. The van der Waals surface area contributed by atoms with Crippen molar-refractivity contribution in [3.63, 3.8) is 0 Å². The van der Waals surface area contributed by atoms with Gasteiger partial charge < -0.3 is 9.84 Å². The molecule has 19 heavy (non-hydrogen) atoms. The van der Waals surface area contributed by atoms with Gasteiger partial charge in [0, 0.05) is 0 Å². The summed E-state index contributed by atoms with van der Waals surface area (Å²) >= 11 is 0. The van der Waals surface area contributed by atoms with Crippen LogP contribution >= 0.6 is 0 Å². The van der Waals surface area contributed by atoms with E-state index in [0.29, 0.717) is 5.75 Å². The monoisotopic (exact) mass is 256 g/mol. The second-order valence-electron chi connectivity index (χ2n) is 4.50. The van der Waals surface area contributed by atoms with Crippen LogP contribution in [0.1, 0.15) is 12.5 Å². The Labute approximate surface area is 112 Å². The molecule has 0 spiro atoms. The number of carbonyl (C=O) groups is 1. The molecule has 0 aliphatic carbocycles. The summed E-state index contributed by atoms with van der Waals surface area (Å²) in [7, 11) is 0. The fourth-order valence-electron chi connectivity index (χ4n) is 1.83. The van der Waals surface area contributed by atoms with Gasteiger partial charge in [0.1, 0.15) is 5.75 Å². The second kappa shape index (κ2) is 5.57. The molecule has 3 heteroatoms. The molecule has 0 heterocycles. The number of ether oxygens (including phenoxy) is 1. The Hall–Kier alpha value is -2.29. The van der Waals surface area contributed by atoms with Gasteiger partial charge in [-0.15, -0.1) is 0 Å². The lowest BCUT2D eigenvalue weighted by Crippen LogP contribution is -2.22. The smallest absolute Gasteiger partial charge is 0.344 e. The number of aryl methyl sites for hydroxylation is 1. The van der Waals surface area contributed by atoms with Crippen molar-refractivity contribution in [2.45, 2.75) is 20.0 Å². The first-order chi connectivity index (χ1) is 9.06. The minimum absolute atomic E-state index is 0.564. The van der Waals surface area contributed by atoms with Crippen LogP contribution in [0, 0.1) is 6.92 Å². The fraction of sp³-hybridized carbons (Fsp3) is 0.188. The van der Waals surface area contributed by atoms with Crippen LogP contribution in [0.25, 0.3) is 11.1 Å². The Kier molecular flexibility index (Phi) is 3.85. The van der Waals surface area contributed by atoms with E-state index in [2.05, 4.69) is 6.07 Å². The topological polar surface area (TPSA) is 46.5 Å².